The van der Waals surface area contributed by atoms with Gasteiger partial charge in [-0.1, -0.05) is 48.2 Å². The van der Waals surface area contributed by atoms with Crippen LogP contribution in [-0.4, -0.2) is 33.0 Å². The normalized spacial score (nSPS) is 11.8. The van der Waals surface area contributed by atoms with Crippen LogP contribution in [0.5, 0.6) is 5.75 Å². The topological polar surface area (TPSA) is 69.0 Å². The predicted octanol–water partition coefficient (Wildman–Crippen LogP) is 3.96. The average Bonchev–Trinajstić information content (AvgIpc) is 3.15. The van der Waals surface area contributed by atoms with E-state index in [-0.39, 0.29) is 11.9 Å². The first-order valence-electron chi connectivity index (χ1n) is 9.28. The van der Waals surface area contributed by atoms with Crippen molar-refractivity contribution in [3.05, 3.63) is 72.1 Å². The Balaban J connectivity index is 1.57. The number of amides is 1. The van der Waals surface area contributed by atoms with Crippen molar-refractivity contribution in [2.45, 2.75) is 31.6 Å². The van der Waals surface area contributed by atoms with Crippen LogP contribution in [0.25, 0.3) is 0 Å². The number of ether oxygens (including phenoxy) is 1. The van der Waals surface area contributed by atoms with E-state index in [4.69, 9.17) is 4.74 Å². The summed E-state index contributed by atoms with van der Waals surface area (Å²) in [6.45, 7) is 5.28. The average molecular weight is 397 g/mol. The van der Waals surface area contributed by atoms with Crippen LogP contribution in [-0.2, 0) is 6.54 Å². The van der Waals surface area contributed by atoms with Gasteiger partial charge >= 0.3 is 0 Å². The molecule has 0 bridgehead atoms. The number of thioether (sulfide) groups is 1. The Morgan fingerprint density at radius 3 is 2.46 bits per heavy atom. The second-order valence-corrected chi connectivity index (χ2v) is 7.22. The second kappa shape index (κ2) is 9.94. The van der Waals surface area contributed by atoms with Gasteiger partial charge in [-0.05, 0) is 38.1 Å². The van der Waals surface area contributed by atoms with Crippen LogP contribution in [0.2, 0.25) is 0 Å². The number of nitrogens with zero attached hydrogens (tertiary/aromatic N) is 3. The number of aromatic nitrogens is 3. The molecule has 0 aliphatic rings. The fourth-order valence-electron chi connectivity index (χ4n) is 2.77. The molecule has 28 heavy (non-hydrogen) atoms. The number of hydrogen-bond acceptors (Lipinski definition) is 5. The summed E-state index contributed by atoms with van der Waals surface area (Å²) in [6.07, 6.45) is 0. The number of hydrogen-bond donors (Lipinski definition) is 1. The van der Waals surface area contributed by atoms with Gasteiger partial charge in [0.05, 0.1) is 12.6 Å². The molecule has 0 spiro atoms. The van der Waals surface area contributed by atoms with Crippen molar-refractivity contribution in [2.75, 3.05) is 12.4 Å². The number of rotatable bonds is 9. The van der Waals surface area contributed by atoms with Crippen LogP contribution in [0.3, 0.4) is 0 Å². The molecule has 6 nitrogen and oxygen atoms in total. The summed E-state index contributed by atoms with van der Waals surface area (Å²) in [5, 5.41) is 12.4. The lowest BCUT2D eigenvalue weighted by Gasteiger charge is -2.15. The van der Waals surface area contributed by atoms with Gasteiger partial charge in [-0.2, -0.15) is 0 Å². The number of benzene rings is 2. The van der Waals surface area contributed by atoms with Crippen molar-refractivity contribution in [2.24, 2.45) is 0 Å². The van der Waals surface area contributed by atoms with E-state index in [1.54, 1.807) is 23.9 Å². The molecule has 1 heterocycles. The number of carbonyl (C=O) groups excluding carboxylic acids is 1. The van der Waals surface area contributed by atoms with Crippen LogP contribution in [0.1, 0.15) is 36.1 Å². The maximum absolute atomic E-state index is 12.4. The van der Waals surface area contributed by atoms with Gasteiger partial charge in [0.1, 0.15) is 5.75 Å². The molecule has 1 amide bonds. The first-order valence-corrected chi connectivity index (χ1v) is 10.3. The summed E-state index contributed by atoms with van der Waals surface area (Å²) in [5.74, 6) is 2.25. The van der Waals surface area contributed by atoms with Crippen LogP contribution in [0, 0.1) is 0 Å². The number of nitrogens with one attached hydrogen (secondary N) is 1. The zero-order valence-electron chi connectivity index (χ0n) is 16.0. The largest absolute Gasteiger partial charge is 0.493 e. The van der Waals surface area contributed by atoms with Crippen molar-refractivity contribution in [1.29, 1.82) is 0 Å². The molecule has 0 radical (unpaired) electrons. The molecule has 2 aromatic carbocycles. The molecule has 1 atom stereocenters. The quantitative estimate of drug-likeness (QED) is 0.438. The summed E-state index contributed by atoms with van der Waals surface area (Å²) in [6, 6.07) is 18.7. The van der Waals surface area contributed by atoms with Crippen LogP contribution >= 0.6 is 11.8 Å². The van der Waals surface area contributed by atoms with Gasteiger partial charge in [0, 0.05) is 17.9 Å². The van der Waals surface area contributed by atoms with Crippen LogP contribution in [0.15, 0.2) is 65.8 Å². The van der Waals surface area contributed by atoms with E-state index in [0.29, 0.717) is 12.2 Å². The lowest BCUT2D eigenvalue weighted by molar-refractivity contribution is 0.0937. The fraction of sp³-hybridized carbons (Fsp3) is 0.286. The fourth-order valence-corrected chi connectivity index (χ4v) is 3.59. The molecule has 0 unspecified atom stereocenters. The van der Waals surface area contributed by atoms with Gasteiger partial charge in [-0.3, -0.25) is 4.79 Å². The SMILES string of the molecule is CCn1c(SCCOc2ccccc2)nnc1[C@@H](C)NC(=O)c1ccccc1. The van der Waals surface area contributed by atoms with Gasteiger partial charge in [-0.15, -0.1) is 10.2 Å². The van der Waals surface area contributed by atoms with Gasteiger partial charge < -0.3 is 14.6 Å². The lowest BCUT2D eigenvalue weighted by Crippen LogP contribution is -2.28. The molecule has 7 heteroatoms. The Bertz CT molecular complexity index is 884. The van der Waals surface area contributed by atoms with E-state index < -0.39 is 0 Å². The Labute approximate surface area is 169 Å². The first-order chi connectivity index (χ1) is 13.7. The monoisotopic (exact) mass is 396 g/mol. The highest BCUT2D eigenvalue weighted by Crippen LogP contribution is 2.21. The predicted molar refractivity (Wildman–Crippen MR) is 111 cm³/mol. The lowest BCUT2D eigenvalue weighted by atomic mass is 10.2. The maximum atomic E-state index is 12.4. The molecule has 0 saturated heterocycles. The van der Waals surface area contributed by atoms with E-state index in [9.17, 15) is 4.79 Å². The van der Waals surface area contributed by atoms with Gasteiger partial charge in [-0.25, -0.2) is 0 Å². The second-order valence-electron chi connectivity index (χ2n) is 6.16. The zero-order valence-corrected chi connectivity index (χ0v) is 16.9. The minimum Gasteiger partial charge on any atom is -0.493 e. The van der Waals surface area contributed by atoms with Gasteiger partial charge in [0.25, 0.3) is 5.91 Å². The van der Waals surface area contributed by atoms with Gasteiger partial charge in [0.15, 0.2) is 11.0 Å². The first kappa shape index (κ1) is 19.9. The molecule has 3 rings (SSSR count). The molecule has 1 N–H and O–H groups in total. The summed E-state index contributed by atoms with van der Waals surface area (Å²) >= 11 is 1.60. The van der Waals surface area contributed by atoms with E-state index >= 15 is 0 Å². The molecular weight excluding hydrogens is 372 g/mol. The summed E-state index contributed by atoms with van der Waals surface area (Å²) < 4.78 is 7.75. The van der Waals surface area contributed by atoms with Crippen molar-refractivity contribution in [1.82, 2.24) is 20.1 Å². The molecule has 0 fully saturated rings. The zero-order chi connectivity index (χ0) is 19.8. The van der Waals surface area contributed by atoms with Crippen LogP contribution < -0.4 is 10.1 Å². The Morgan fingerprint density at radius 2 is 1.79 bits per heavy atom. The Hall–Kier alpha value is -2.80. The Morgan fingerprint density at radius 1 is 1.11 bits per heavy atom. The van der Waals surface area contributed by atoms with E-state index in [1.807, 2.05) is 66.9 Å². The smallest absolute Gasteiger partial charge is 0.251 e. The third-order valence-electron chi connectivity index (χ3n) is 4.16. The number of para-hydroxylation sites is 1. The van der Waals surface area contributed by atoms with Gasteiger partial charge in [0.2, 0.25) is 0 Å². The molecule has 3 aromatic rings. The van der Waals surface area contributed by atoms with Crippen molar-refractivity contribution in [3.63, 3.8) is 0 Å². The summed E-state index contributed by atoms with van der Waals surface area (Å²) in [5.41, 5.74) is 0.629. The molecule has 1 aromatic heterocycles. The van der Waals surface area contributed by atoms with Crippen molar-refractivity contribution in [3.8, 4) is 5.75 Å². The molecular formula is C21H24N4O2S. The van der Waals surface area contributed by atoms with Crippen molar-refractivity contribution < 1.29 is 9.53 Å². The highest BCUT2D eigenvalue weighted by molar-refractivity contribution is 7.99. The summed E-state index contributed by atoms with van der Waals surface area (Å²) in [4.78, 5) is 12.4. The molecule has 0 saturated carbocycles. The minimum absolute atomic E-state index is 0.121. The third kappa shape index (κ3) is 5.13. The maximum Gasteiger partial charge on any atom is 0.251 e. The van der Waals surface area contributed by atoms with E-state index in [0.717, 1.165) is 29.0 Å². The highest BCUT2D eigenvalue weighted by atomic mass is 32.2. The van der Waals surface area contributed by atoms with E-state index in [1.165, 1.54) is 0 Å². The molecule has 0 aliphatic carbocycles. The van der Waals surface area contributed by atoms with Crippen LogP contribution in [0.4, 0.5) is 0 Å². The molecule has 146 valence electrons. The molecule has 0 aliphatic heterocycles. The third-order valence-corrected chi connectivity index (χ3v) is 5.09. The van der Waals surface area contributed by atoms with E-state index in [2.05, 4.69) is 15.5 Å². The summed E-state index contributed by atoms with van der Waals surface area (Å²) in [7, 11) is 0. The Kier molecular flexibility index (Phi) is 7.08. The van der Waals surface area contributed by atoms with Crippen molar-refractivity contribution >= 4 is 17.7 Å². The highest BCUT2D eigenvalue weighted by Gasteiger charge is 2.19. The number of carbonyl (C=O) groups is 1. The standard InChI is InChI=1S/C21H24N4O2S/c1-3-25-19(16(2)22-20(26)17-10-6-4-7-11-17)23-24-21(25)28-15-14-27-18-12-8-5-9-13-18/h4-13,16H,3,14-15H2,1-2H3,(H,22,26)/t16-/m1/s1. The minimum atomic E-state index is -0.241.